The Kier molecular flexibility index (Phi) is 6.25. The number of rotatable bonds is 6. The van der Waals surface area contributed by atoms with Crippen LogP contribution in [0.4, 0.5) is 9.18 Å². The smallest absolute Gasteiger partial charge is 0.326 e. The maximum absolute atomic E-state index is 13.7. The summed E-state index contributed by atoms with van der Waals surface area (Å²) >= 11 is 0. The number of hydrogen-bond acceptors (Lipinski definition) is 4. The lowest BCUT2D eigenvalue weighted by atomic mass is 9.87. The van der Waals surface area contributed by atoms with Crippen molar-refractivity contribution in [2.45, 2.75) is 25.9 Å². The molecule has 4 rings (SSSR count). The largest absolute Gasteiger partial charge is 0.481 e. The zero-order valence-corrected chi connectivity index (χ0v) is 18.8. The van der Waals surface area contributed by atoms with Crippen molar-refractivity contribution in [3.05, 3.63) is 65.0 Å². The number of urea groups is 1. The van der Waals surface area contributed by atoms with Crippen LogP contribution in [0.3, 0.4) is 0 Å². The second kappa shape index (κ2) is 9.29. The molecule has 7 nitrogen and oxygen atoms in total. The van der Waals surface area contributed by atoms with Crippen molar-refractivity contribution < 1.29 is 23.5 Å². The summed E-state index contributed by atoms with van der Waals surface area (Å²) in [6, 6.07) is 9.88. The van der Waals surface area contributed by atoms with Crippen molar-refractivity contribution in [2.75, 3.05) is 19.7 Å². The van der Waals surface area contributed by atoms with E-state index in [2.05, 4.69) is 29.0 Å². The molecule has 0 unspecified atom stereocenters. The van der Waals surface area contributed by atoms with Crippen LogP contribution in [0.15, 0.2) is 42.5 Å². The van der Waals surface area contributed by atoms with Crippen LogP contribution in [0.2, 0.25) is 0 Å². The number of ether oxygens (including phenoxy) is 1. The minimum atomic E-state index is -1.55. The highest BCUT2D eigenvalue weighted by molar-refractivity contribution is 6.08. The van der Waals surface area contributed by atoms with Crippen LogP contribution in [-0.2, 0) is 16.9 Å². The summed E-state index contributed by atoms with van der Waals surface area (Å²) in [5.74, 6) is 10.4. The van der Waals surface area contributed by atoms with E-state index in [1.165, 1.54) is 34.1 Å². The molecule has 2 aliphatic rings. The molecule has 0 aromatic heterocycles. The molecule has 2 aromatic rings. The van der Waals surface area contributed by atoms with Crippen molar-refractivity contribution >= 4 is 17.8 Å². The fourth-order valence-corrected chi connectivity index (χ4v) is 4.23. The molecule has 0 radical (unpaired) electrons. The molecule has 172 valence electrons. The Balaban J connectivity index is 1.70. The molecule has 0 spiro atoms. The van der Waals surface area contributed by atoms with Crippen LogP contribution >= 0.6 is 0 Å². The quantitative estimate of drug-likeness (QED) is 0.532. The van der Waals surface area contributed by atoms with E-state index < -0.39 is 23.3 Å². The van der Waals surface area contributed by atoms with Gasteiger partial charge in [0.05, 0.1) is 13.1 Å². The van der Waals surface area contributed by atoms with Gasteiger partial charge in [0, 0.05) is 12.1 Å². The van der Waals surface area contributed by atoms with Gasteiger partial charge in [-0.1, -0.05) is 24.0 Å². The lowest BCUT2D eigenvalue weighted by Crippen LogP contribution is -2.54. The van der Waals surface area contributed by atoms with Gasteiger partial charge in [-0.2, -0.15) is 0 Å². The maximum Gasteiger partial charge on any atom is 0.326 e. The highest BCUT2D eigenvalue weighted by atomic mass is 19.1. The van der Waals surface area contributed by atoms with Crippen LogP contribution in [0.5, 0.6) is 5.75 Å². The van der Waals surface area contributed by atoms with Gasteiger partial charge >= 0.3 is 6.03 Å². The zero-order chi connectivity index (χ0) is 24.3. The van der Waals surface area contributed by atoms with Gasteiger partial charge < -0.3 is 9.64 Å². The third kappa shape index (κ3) is 3.95. The molecule has 2 heterocycles. The predicted octanol–water partition coefficient (Wildman–Crippen LogP) is 2.65. The zero-order valence-electron chi connectivity index (χ0n) is 18.8. The topological polar surface area (TPSA) is 79.0 Å². The van der Waals surface area contributed by atoms with Crippen molar-refractivity contribution in [3.63, 3.8) is 0 Å². The summed E-state index contributed by atoms with van der Waals surface area (Å²) in [6.45, 7) is 3.66. The Morgan fingerprint density at radius 2 is 1.79 bits per heavy atom. The lowest BCUT2D eigenvalue weighted by Gasteiger charge is -2.37. The first-order chi connectivity index (χ1) is 16.4. The number of carbonyl (C=O) groups is 3. The SMILES string of the molecule is CC#CCOc1ccc2c(c1)CN(C[C@]1(c3ccc(F)cc3)C(=O)NC(=O)N1CC#CC)C2=O. The van der Waals surface area contributed by atoms with Gasteiger partial charge in [-0.05, 0) is 55.3 Å². The van der Waals surface area contributed by atoms with E-state index in [0.717, 1.165) is 5.56 Å². The number of halogens is 1. The Morgan fingerprint density at radius 1 is 1.06 bits per heavy atom. The number of amides is 4. The third-order valence-corrected chi connectivity index (χ3v) is 5.90. The maximum atomic E-state index is 13.7. The Hall–Kier alpha value is -4.30. The molecule has 0 saturated carbocycles. The number of hydrogen-bond donors (Lipinski definition) is 1. The van der Waals surface area contributed by atoms with Crippen molar-refractivity contribution in [2.24, 2.45) is 0 Å². The number of nitrogens with one attached hydrogen (secondary N) is 1. The summed E-state index contributed by atoms with van der Waals surface area (Å²) < 4.78 is 19.3. The molecule has 4 amide bonds. The Bertz CT molecular complexity index is 1280. The van der Waals surface area contributed by atoms with E-state index in [1.807, 2.05) is 0 Å². The summed E-state index contributed by atoms with van der Waals surface area (Å²) in [5.41, 5.74) is 0.0716. The molecule has 2 aromatic carbocycles. The lowest BCUT2D eigenvalue weighted by molar-refractivity contribution is -0.127. The van der Waals surface area contributed by atoms with Crippen molar-refractivity contribution in [1.82, 2.24) is 15.1 Å². The van der Waals surface area contributed by atoms with Gasteiger partial charge in [0.1, 0.15) is 18.2 Å². The molecule has 1 atom stereocenters. The van der Waals surface area contributed by atoms with Gasteiger partial charge in [-0.25, -0.2) is 9.18 Å². The van der Waals surface area contributed by atoms with Gasteiger partial charge in [0.25, 0.3) is 11.8 Å². The van der Waals surface area contributed by atoms with E-state index >= 15 is 0 Å². The fourth-order valence-electron chi connectivity index (χ4n) is 4.23. The van der Waals surface area contributed by atoms with E-state index in [9.17, 15) is 18.8 Å². The molecule has 1 saturated heterocycles. The normalized spacial score (nSPS) is 18.6. The Morgan fingerprint density at radius 3 is 2.50 bits per heavy atom. The van der Waals surface area contributed by atoms with Gasteiger partial charge in [0.2, 0.25) is 0 Å². The second-order valence-corrected chi connectivity index (χ2v) is 7.83. The minimum Gasteiger partial charge on any atom is -0.481 e. The minimum absolute atomic E-state index is 0.0309. The van der Waals surface area contributed by atoms with E-state index in [1.54, 1.807) is 32.0 Å². The number of imide groups is 1. The number of fused-ring (bicyclic) bond motifs is 1. The molecule has 2 aliphatic heterocycles. The second-order valence-electron chi connectivity index (χ2n) is 7.83. The molecule has 8 heteroatoms. The van der Waals surface area contributed by atoms with Crippen LogP contribution < -0.4 is 10.1 Å². The van der Waals surface area contributed by atoms with Crippen LogP contribution in [-0.4, -0.2) is 47.3 Å². The third-order valence-electron chi connectivity index (χ3n) is 5.90. The van der Waals surface area contributed by atoms with Gasteiger partial charge in [-0.15, -0.1) is 11.8 Å². The highest BCUT2D eigenvalue weighted by Crippen LogP contribution is 2.37. The van der Waals surface area contributed by atoms with Crippen LogP contribution in [0.1, 0.15) is 35.3 Å². The summed E-state index contributed by atoms with van der Waals surface area (Å²) in [5, 5.41) is 2.34. The van der Waals surface area contributed by atoms with Gasteiger partial charge in [-0.3, -0.25) is 19.8 Å². The van der Waals surface area contributed by atoms with E-state index in [-0.39, 0.29) is 32.1 Å². The monoisotopic (exact) mass is 459 g/mol. The fraction of sp³-hybridized carbons (Fsp3) is 0.269. The van der Waals surface area contributed by atoms with Gasteiger partial charge in [0.15, 0.2) is 5.54 Å². The average molecular weight is 459 g/mol. The average Bonchev–Trinajstić information content (AvgIpc) is 3.25. The summed E-state index contributed by atoms with van der Waals surface area (Å²) in [6.07, 6.45) is 0. The van der Waals surface area contributed by atoms with E-state index in [4.69, 9.17) is 4.74 Å². The van der Waals surface area contributed by atoms with E-state index in [0.29, 0.717) is 16.9 Å². The molecule has 34 heavy (non-hydrogen) atoms. The molecule has 0 bridgehead atoms. The number of nitrogens with zero attached hydrogens (tertiary/aromatic N) is 2. The predicted molar refractivity (Wildman–Crippen MR) is 122 cm³/mol. The molecule has 0 aliphatic carbocycles. The van der Waals surface area contributed by atoms with Crippen LogP contribution in [0.25, 0.3) is 0 Å². The first-order valence-electron chi connectivity index (χ1n) is 10.6. The summed E-state index contributed by atoms with van der Waals surface area (Å²) in [7, 11) is 0. The molecule has 1 fully saturated rings. The number of benzene rings is 2. The van der Waals surface area contributed by atoms with Crippen LogP contribution in [0, 0.1) is 29.5 Å². The first kappa shape index (κ1) is 22.9. The molecule has 1 N–H and O–H groups in total. The standard InChI is InChI=1S/C26H22FN3O4/c1-3-5-13-30-25(33)28-24(32)26(30,19-7-9-20(27)10-8-19)17-29-16-18-15-21(34-14-6-4-2)11-12-22(18)23(29)31/h7-12,15H,13-14,16-17H2,1-2H3,(H,28,32,33)/t26-/m0/s1. The first-order valence-corrected chi connectivity index (χ1v) is 10.6. The molecular formula is C26H22FN3O4. The number of carbonyl (C=O) groups excluding carboxylic acids is 3. The summed E-state index contributed by atoms with van der Waals surface area (Å²) in [4.78, 5) is 42.0. The molecular weight excluding hydrogens is 437 g/mol. The Labute approximate surface area is 196 Å². The van der Waals surface area contributed by atoms with Crippen molar-refractivity contribution in [1.29, 1.82) is 0 Å². The highest BCUT2D eigenvalue weighted by Gasteiger charge is 2.56. The van der Waals surface area contributed by atoms with Crippen molar-refractivity contribution in [3.8, 4) is 29.4 Å².